The number of halogens is 1. The molecule has 19 heavy (non-hydrogen) atoms. The van der Waals surface area contributed by atoms with E-state index < -0.39 is 0 Å². The van der Waals surface area contributed by atoms with E-state index in [0.717, 1.165) is 44.6 Å². The molecule has 0 spiro atoms. The SMILES string of the molecule is Cc1cc2c(c(C)c1Cl)-c1nc(CN)sc1CCO2. The van der Waals surface area contributed by atoms with Crippen LogP contribution in [0.25, 0.3) is 11.3 Å². The van der Waals surface area contributed by atoms with Crippen molar-refractivity contribution in [2.75, 3.05) is 6.61 Å². The second-order valence-corrected chi connectivity index (χ2v) is 6.23. The standard InChI is InChI=1S/C14H15ClN2OS/c1-7-5-9-12(8(2)13(7)15)14-10(3-4-18-9)19-11(6-16)17-14/h5H,3-4,6,16H2,1-2H3. The maximum Gasteiger partial charge on any atom is 0.129 e. The number of thiazole rings is 1. The Kier molecular flexibility index (Phi) is 3.25. The molecule has 0 saturated heterocycles. The van der Waals surface area contributed by atoms with Gasteiger partial charge in [0.1, 0.15) is 10.8 Å². The minimum Gasteiger partial charge on any atom is -0.492 e. The molecule has 2 N–H and O–H groups in total. The number of rotatable bonds is 1. The lowest BCUT2D eigenvalue weighted by atomic mass is 10.0. The summed E-state index contributed by atoms with van der Waals surface area (Å²) in [7, 11) is 0. The Labute approximate surface area is 121 Å². The molecule has 2 heterocycles. The highest BCUT2D eigenvalue weighted by atomic mass is 35.5. The van der Waals surface area contributed by atoms with Crippen molar-refractivity contribution in [3.63, 3.8) is 0 Å². The van der Waals surface area contributed by atoms with Crippen LogP contribution >= 0.6 is 22.9 Å². The molecule has 3 nitrogen and oxygen atoms in total. The molecule has 1 aliphatic rings. The predicted molar refractivity (Wildman–Crippen MR) is 79.1 cm³/mol. The van der Waals surface area contributed by atoms with E-state index in [9.17, 15) is 0 Å². The van der Waals surface area contributed by atoms with E-state index in [4.69, 9.17) is 22.1 Å². The quantitative estimate of drug-likeness (QED) is 0.876. The summed E-state index contributed by atoms with van der Waals surface area (Å²) in [5.41, 5.74) is 9.80. The Morgan fingerprint density at radius 2 is 2.26 bits per heavy atom. The molecule has 0 radical (unpaired) electrons. The topological polar surface area (TPSA) is 48.1 Å². The van der Waals surface area contributed by atoms with Gasteiger partial charge in [0.15, 0.2) is 0 Å². The molecule has 0 amide bonds. The Bertz CT molecular complexity index is 651. The maximum atomic E-state index is 6.37. The zero-order valence-electron chi connectivity index (χ0n) is 10.9. The van der Waals surface area contributed by atoms with Crippen LogP contribution in [0.5, 0.6) is 5.75 Å². The zero-order chi connectivity index (χ0) is 13.6. The van der Waals surface area contributed by atoms with Crippen molar-refractivity contribution >= 4 is 22.9 Å². The van der Waals surface area contributed by atoms with Crippen LogP contribution in [0.2, 0.25) is 5.02 Å². The lowest BCUT2D eigenvalue weighted by molar-refractivity contribution is 0.327. The first-order valence-corrected chi connectivity index (χ1v) is 7.42. The highest BCUT2D eigenvalue weighted by molar-refractivity contribution is 7.12. The highest BCUT2D eigenvalue weighted by Crippen LogP contribution is 2.43. The van der Waals surface area contributed by atoms with Crippen LogP contribution in [0.4, 0.5) is 0 Å². The van der Waals surface area contributed by atoms with E-state index in [1.807, 2.05) is 19.9 Å². The first-order valence-electron chi connectivity index (χ1n) is 6.23. The van der Waals surface area contributed by atoms with Crippen LogP contribution in [-0.4, -0.2) is 11.6 Å². The van der Waals surface area contributed by atoms with Gasteiger partial charge in [-0.15, -0.1) is 11.3 Å². The summed E-state index contributed by atoms with van der Waals surface area (Å²) in [6.07, 6.45) is 0.873. The number of hydrogen-bond acceptors (Lipinski definition) is 4. The van der Waals surface area contributed by atoms with E-state index >= 15 is 0 Å². The van der Waals surface area contributed by atoms with Crippen molar-refractivity contribution in [3.05, 3.63) is 32.1 Å². The predicted octanol–water partition coefficient (Wildman–Crippen LogP) is 3.47. The fraction of sp³-hybridized carbons (Fsp3) is 0.357. The third-order valence-corrected chi connectivity index (χ3v) is 5.10. The van der Waals surface area contributed by atoms with Gasteiger partial charge in [-0.2, -0.15) is 0 Å². The van der Waals surface area contributed by atoms with Crippen molar-refractivity contribution in [2.24, 2.45) is 5.73 Å². The van der Waals surface area contributed by atoms with Gasteiger partial charge in [0.25, 0.3) is 0 Å². The van der Waals surface area contributed by atoms with Crippen molar-refractivity contribution in [1.29, 1.82) is 0 Å². The number of fused-ring (bicyclic) bond motifs is 3. The van der Waals surface area contributed by atoms with E-state index in [0.29, 0.717) is 13.2 Å². The molecule has 3 rings (SSSR count). The Morgan fingerprint density at radius 3 is 3.00 bits per heavy atom. The summed E-state index contributed by atoms with van der Waals surface area (Å²) in [6, 6.07) is 2.00. The number of benzene rings is 1. The van der Waals surface area contributed by atoms with Crippen LogP contribution in [0.1, 0.15) is 21.0 Å². The van der Waals surface area contributed by atoms with Gasteiger partial charge in [-0.3, -0.25) is 0 Å². The third kappa shape index (κ3) is 2.04. The van der Waals surface area contributed by atoms with Gasteiger partial charge in [-0.05, 0) is 31.0 Å². The van der Waals surface area contributed by atoms with Gasteiger partial charge in [-0.1, -0.05) is 11.6 Å². The second kappa shape index (κ2) is 4.78. The summed E-state index contributed by atoms with van der Waals surface area (Å²) in [4.78, 5) is 5.90. The van der Waals surface area contributed by atoms with Crippen LogP contribution < -0.4 is 10.5 Å². The molecule has 0 atom stereocenters. The Balaban J connectivity index is 2.30. The van der Waals surface area contributed by atoms with Crippen LogP contribution in [-0.2, 0) is 13.0 Å². The van der Waals surface area contributed by atoms with Gasteiger partial charge < -0.3 is 10.5 Å². The first kappa shape index (κ1) is 12.9. The Morgan fingerprint density at radius 1 is 1.47 bits per heavy atom. The molecular weight excluding hydrogens is 280 g/mol. The van der Waals surface area contributed by atoms with E-state index in [2.05, 4.69) is 4.98 Å². The fourth-order valence-electron chi connectivity index (χ4n) is 2.44. The Hall–Kier alpha value is -1.10. The molecule has 2 aromatic rings. The number of aromatic nitrogens is 1. The summed E-state index contributed by atoms with van der Waals surface area (Å²) in [5.74, 6) is 0.882. The maximum absolute atomic E-state index is 6.37. The molecule has 1 aromatic carbocycles. The highest BCUT2D eigenvalue weighted by Gasteiger charge is 2.23. The average Bonchev–Trinajstić information content (AvgIpc) is 2.72. The summed E-state index contributed by atoms with van der Waals surface area (Å²) >= 11 is 8.04. The molecule has 0 aliphatic carbocycles. The largest absolute Gasteiger partial charge is 0.492 e. The molecule has 0 bridgehead atoms. The van der Waals surface area contributed by atoms with Gasteiger partial charge in [0.2, 0.25) is 0 Å². The molecule has 1 aromatic heterocycles. The normalized spacial score (nSPS) is 13.5. The van der Waals surface area contributed by atoms with Gasteiger partial charge in [-0.25, -0.2) is 4.98 Å². The van der Waals surface area contributed by atoms with Gasteiger partial charge in [0.05, 0.1) is 12.3 Å². The fourth-order valence-corrected chi connectivity index (χ4v) is 3.52. The van der Waals surface area contributed by atoms with Crippen LogP contribution in [0.15, 0.2) is 6.07 Å². The first-order chi connectivity index (χ1) is 9.11. The summed E-state index contributed by atoms with van der Waals surface area (Å²) < 4.78 is 5.86. The molecule has 0 unspecified atom stereocenters. The third-order valence-electron chi connectivity index (χ3n) is 3.38. The van der Waals surface area contributed by atoms with Gasteiger partial charge >= 0.3 is 0 Å². The molecule has 0 saturated carbocycles. The van der Waals surface area contributed by atoms with E-state index in [-0.39, 0.29) is 0 Å². The minimum absolute atomic E-state index is 0.479. The number of hydrogen-bond donors (Lipinski definition) is 1. The van der Waals surface area contributed by atoms with Crippen LogP contribution in [0.3, 0.4) is 0 Å². The molecule has 1 aliphatic heterocycles. The number of nitrogens with two attached hydrogens (primary N) is 1. The second-order valence-electron chi connectivity index (χ2n) is 4.69. The lowest BCUT2D eigenvalue weighted by Crippen LogP contribution is -1.99. The number of nitrogens with zero attached hydrogens (tertiary/aromatic N) is 1. The minimum atomic E-state index is 0.479. The van der Waals surface area contributed by atoms with Crippen molar-refractivity contribution in [2.45, 2.75) is 26.8 Å². The summed E-state index contributed by atoms with van der Waals surface area (Å²) in [6.45, 7) is 5.17. The zero-order valence-corrected chi connectivity index (χ0v) is 12.5. The lowest BCUT2D eigenvalue weighted by Gasteiger charge is -2.13. The van der Waals surface area contributed by atoms with Gasteiger partial charge in [0, 0.05) is 28.4 Å². The molecular formula is C14H15ClN2OS. The van der Waals surface area contributed by atoms with Crippen molar-refractivity contribution < 1.29 is 4.74 Å². The summed E-state index contributed by atoms with van der Waals surface area (Å²) in [5, 5.41) is 1.76. The number of aryl methyl sites for hydroxylation is 1. The molecule has 100 valence electrons. The number of ether oxygens (including phenoxy) is 1. The van der Waals surface area contributed by atoms with Crippen LogP contribution in [0, 0.1) is 13.8 Å². The smallest absolute Gasteiger partial charge is 0.129 e. The average molecular weight is 295 g/mol. The monoisotopic (exact) mass is 294 g/mol. The van der Waals surface area contributed by atoms with Crippen molar-refractivity contribution in [1.82, 2.24) is 4.98 Å². The van der Waals surface area contributed by atoms with Crippen molar-refractivity contribution in [3.8, 4) is 17.0 Å². The van der Waals surface area contributed by atoms with E-state index in [1.54, 1.807) is 11.3 Å². The molecule has 0 fully saturated rings. The van der Waals surface area contributed by atoms with E-state index in [1.165, 1.54) is 4.88 Å². The molecule has 5 heteroatoms.